The Morgan fingerprint density at radius 1 is 1.00 bits per heavy atom. The first-order chi connectivity index (χ1) is 17.6. The van der Waals surface area contributed by atoms with Gasteiger partial charge in [0.2, 0.25) is 11.2 Å². The van der Waals surface area contributed by atoms with Gasteiger partial charge in [-0.3, -0.25) is 4.79 Å². The average Bonchev–Trinajstić information content (AvgIpc) is 3.12. The number of hydrogen-bond acceptors (Lipinski definition) is 8. The average molecular weight is 553 g/mol. The molecule has 0 saturated carbocycles. The van der Waals surface area contributed by atoms with E-state index >= 15 is 0 Å². The fourth-order valence-corrected chi connectivity index (χ4v) is 6.40. The number of nitrogens with zero attached hydrogens (tertiary/aromatic N) is 1. The highest BCUT2D eigenvalue weighted by Gasteiger charge is 2.34. The van der Waals surface area contributed by atoms with Crippen molar-refractivity contribution in [1.29, 1.82) is 0 Å². The lowest BCUT2D eigenvalue weighted by Crippen LogP contribution is -2.49. The van der Waals surface area contributed by atoms with Crippen LogP contribution >= 0.6 is 11.6 Å². The summed E-state index contributed by atoms with van der Waals surface area (Å²) in [5, 5.41) is 3.35. The van der Waals surface area contributed by atoms with Crippen LogP contribution in [-0.4, -0.2) is 72.4 Å². The van der Waals surface area contributed by atoms with Crippen molar-refractivity contribution in [2.24, 2.45) is 0 Å². The Morgan fingerprint density at radius 3 is 2.24 bits per heavy atom. The molecule has 1 saturated heterocycles. The predicted molar refractivity (Wildman–Crippen MR) is 139 cm³/mol. The first kappa shape index (κ1) is 26.9. The summed E-state index contributed by atoms with van der Waals surface area (Å²) in [4.78, 5) is 27.6. The first-order valence-corrected chi connectivity index (χ1v) is 13.8. The van der Waals surface area contributed by atoms with Gasteiger partial charge >= 0.3 is 6.03 Å². The summed E-state index contributed by atoms with van der Waals surface area (Å²) < 4.78 is 45.8. The van der Waals surface area contributed by atoms with Crippen LogP contribution in [0.25, 0.3) is 11.1 Å². The molecule has 2 aliphatic rings. The Labute approximate surface area is 220 Å². The molecule has 2 amide bonds. The standard InChI is InChI=1S/C25H29ClN2O8S/c1-33-19-8-6-14-16(13-18(19)29)17(27-25(30)28-9-11-37(31,32)12-10-28)7-5-15-20(14)22(34-2)24(36-4)23(35-3)21(15)26/h6,8,13,17H,5,7,9-12H2,1-4H3,(H,27,30)/t17-/m0/s1. The van der Waals surface area contributed by atoms with E-state index in [9.17, 15) is 18.0 Å². The number of methoxy groups -OCH3 is 4. The van der Waals surface area contributed by atoms with Gasteiger partial charge in [-0.15, -0.1) is 0 Å². The van der Waals surface area contributed by atoms with Crippen molar-refractivity contribution >= 4 is 27.5 Å². The van der Waals surface area contributed by atoms with Crippen molar-refractivity contribution in [1.82, 2.24) is 10.2 Å². The number of halogens is 1. The molecule has 200 valence electrons. The number of sulfone groups is 1. The van der Waals surface area contributed by atoms with Crippen LogP contribution in [0.2, 0.25) is 5.02 Å². The second kappa shape index (κ2) is 10.7. The Kier molecular flexibility index (Phi) is 7.75. The molecule has 12 heteroatoms. The maximum atomic E-state index is 13.2. The number of hydrogen-bond donors (Lipinski definition) is 1. The van der Waals surface area contributed by atoms with Crippen LogP contribution in [0, 0.1) is 0 Å². The maximum Gasteiger partial charge on any atom is 0.317 e. The van der Waals surface area contributed by atoms with E-state index in [2.05, 4.69) is 5.32 Å². The molecule has 2 aromatic carbocycles. The third kappa shape index (κ3) is 5.02. The van der Waals surface area contributed by atoms with Crippen LogP contribution in [0.1, 0.15) is 23.6 Å². The van der Waals surface area contributed by atoms with E-state index < -0.39 is 21.9 Å². The molecule has 0 unspecified atom stereocenters. The Bertz CT molecular complexity index is 1380. The van der Waals surface area contributed by atoms with E-state index in [0.717, 1.165) is 5.56 Å². The summed E-state index contributed by atoms with van der Waals surface area (Å²) in [6, 6.07) is 3.75. The molecular weight excluding hydrogens is 524 g/mol. The molecule has 1 N–H and O–H groups in total. The lowest BCUT2D eigenvalue weighted by molar-refractivity contribution is 0.197. The molecule has 4 rings (SSSR count). The minimum atomic E-state index is -3.15. The van der Waals surface area contributed by atoms with Crippen LogP contribution in [0.4, 0.5) is 4.79 Å². The lowest BCUT2D eigenvalue weighted by atomic mass is 9.95. The van der Waals surface area contributed by atoms with Crippen molar-refractivity contribution in [2.75, 3.05) is 53.0 Å². The molecule has 1 heterocycles. The highest BCUT2D eigenvalue weighted by Crippen LogP contribution is 2.54. The molecule has 1 fully saturated rings. The van der Waals surface area contributed by atoms with Crippen LogP contribution in [-0.2, 0) is 16.3 Å². The summed E-state index contributed by atoms with van der Waals surface area (Å²) in [5.74, 6) is 0.961. The number of rotatable bonds is 5. The number of urea groups is 1. The van der Waals surface area contributed by atoms with Crippen LogP contribution in [0.3, 0.4) is 0 Å². The van der Waals surface area contributed by atoms with Gasteiger partial charge in [0.1, 0.15) is 0 Å². The molecule has 0 aromatic heterocycles. The molecule has 0 bridgehead atoms. The molecule has 10 nitrogen and oxygen atoms in total. The first-order valence-electron chi connectivity index (χ1n) is 11.6. The van der Waals surface area contributed by atoms with Crippen LogP contribution < -0.4 is 29.7 Å². The molecule has 1 aliphatic carbocycles. The van der Waals surface area contributed by atoms with Gasteiger partial charge in [-0.25, -0.2) is 13.2 Å². The Morgan fingerprint density at radius 2 is 1.65 bits per heavy atom. The molecule has 1 atom stereocenters. The van der Waals surface area contributed by atoms with Crippen molar-refractivity contribution in [3.05, 3.63) is 44.6 Å². The van der Waals surface area contributed by atoms with Gasteiger partial charge < -0.3 is 29.2 Å². The number of fused-ring (bicyclic) bond motifs is 3. The van der Waals surface area contributed by atoms with E-state index in [1.807, 2.05) is 0 Å². The summed E-state index contributed by atoms with van der Waals surface area (Å²) >= 11 is 6.80. The molecule has 0 spiro atoms. The van der Waals surface area contributed by atoms with Crippen LogP contribution in [0.15, 0.2) is 23.0 Å². The fourth-order valence-electron chi connectivity index (χ4n) is 4.84. The topological polar surface area (TPSA) is 120 Å². The molecular formula is C25H29ClN2O8S. The van der Waals surface area contributed by atoms with Crippen molar-refractivity contribution in [3.8, 4) is 34.1 Å². The second-order valence-corrected chi connectivity index (χ2v) is 11.4. The quantitative estimate of drug-likeness (QED) is 0.601. The number of ether oxygens (including phenoxy) is 4. The van der Waals surface area contributed by atoms with Crippen molar-refractivity contribution in [3.63, 3.8) is 0 Å². The van der Waals surface area contributed by atoms with Crippen molar-refractivity contribution in [2.45, 2.75) is 18.9 Å². The summed E-state index contributed by atoms with van der Waals surface area (Å²) in [7, 11) is 2.72. The third-order valence-corrected chi connectivity index (χ3v) is 8.75. The van der Waals surface area contributed by atoms with E-state index in [0.29, 0.717) is 51.8 Å². The molecule has 2 aromatic rings. The van der Waals surface area contributed by atoms with E-state index in [1.165, 1.54) is 39.4 Å². The molecule has 1 aliphatic heterocycles. The number of carbonyl (C=O) groups is 1. The van der Waals surface area contributed by atoms with Gasteiger partial charge in [-0.1, -0.05) is 17.7 Å². The smallest absolute Gasteiger partial charge is 0.317 e. The lowest BCUT2D eigenvalue weighted by Gasteiger charge is -2.29. The van der Waals surface area contributed by atoms with Gasteiger partial charge in [0.15, 0.2) is 27.1 Å². The molecule has 0 radical (unpaired) electrons. The zero-order valence-electron chi connectivity index (χ0n) is 21.1. The maximum absolute atomic E-state index is 13.2. The van der Waals surface area contributed by atoms with E-state index in [1.54, 1.807) is 12.1 Å². The van der Waals surface area contributed by atoms with Gasteiger partial charge in [-0.2, -0.15) is 0 Å². The summed E-state index contributed by atoms with van der Waals surface area (Å²) in [5.41, 5.74) is 2.14. The van der Waals surface area contributed by atoms with Crippen molar-refractivity contribution < 1.29 is 32.2 Å². The second-order valence-electron chi connectivity index (χ2n) is 8.73. The number of carbonyl (C=O) groups excluding carboxylic acids is 1. The van der Waals surface area contributed by atoms with E-state index in [4.69, 9.17) is 30.5 Å². The Balaban J connectivity index is 1.89. The largest absolute Gasteiger partial charge is 0.493 e. The Hall–Kier alpha value is -3.18. The highest BCUT2D eigenvalue weighted by atomic mass is 35.5. The monoisotopic (exact) mass is 552 g/mol. The van der Waals surface area contributed by atoms with Gasteiger partial charge in [0, 0.05) is 18.7 Å². The highest BCUT2D eigenvalue weighted by molar-refractivity contribution is 7.91. The van der Waals surface area contributed by atoms with Gasteiger partial charge in [0.25, 0.3) is 0 Å². The third-order valence-electron chi connectivity index (χ3n) is 6.74. The van der Waals surface area contributed by atoms with Gasteiger partial charge in [-0.05, 0) is 41.7 Å². The minimum Gasteiger partial charge on any atom is -0.493 e. The van der Waals surface area contributed by atoms with E-state index in [-0.39, 0.29) is 35.8 Å². The minimum absolute atomic E-state index is 0.0869. The van der Waals surface area contributed by atoms with Crippen LogP contribution in [0.5, 0.6) is 23.0 Å². The zero-order chi connectivity index (χ0) is 26.9. The SMILES string of the molecule is COc1c(Cl)c2c(c(OC)c1OC)-c1ccc(OC)c(=O)cc1[C@@H](NC(=O)N1CCS(=O)(=O)CC1)CC2. The summed E-state index contributed by atoms with van der Waals surface area (Å²) in [6.45, 7) is 0.205. The molecule has 37 heavy (non-hydrogen) atoms. The number of amides is 2. The zero-order valence-corrected chi connectivity index (χ0v) is 22.6. The normalized spacial score (nSPS) is 18.1. The van der Waals surface area contributed by atoms with Gasteiger partial charge in [0.05, 0.1) is 51.0 Å². The fraction of sp³-hybridized carbons (Fsp3) is 0.440. The number of benzene rings is 1. The predicted octanol–water partition coefficient (Wildman–Crippen LogP) is 2.83. The summed E-state index contributed by atoms with van der Waals surface area (Å²) in [6.07, 6.45) is 0.829. The number of nitrogens with one attached hydrogen (secondary N) is 1.